The fraction of sp³-hybridized carbons (Fsp3) is 0.867. The first-order valence-corrected chi connectivity index (χ1v) is 23.3. The molecule has 0 spiro atoms. The molecule has 0 amide bonds. The quantitative estimate of drug-likeness (QED) is 0.353. The molecule has 1 nitrogen and oxygen atoms in total. The van der Waals surface area contributed by atoms with Gasteiger partial charge in [0.1, 0.15) is 0 Å². The van der Waals surface area contributed by atoms with Crippen molar-refractivity contribution in [2.45, 2.75) is 81.1 Å². The molecule has 0 aromatic rings. The van der Waals surface area contributed by atoms with E-state index in [1.165, 1.54) is 34.6 Å². The van der Waals surface area contributed by atoms with Crippen molar-refractivity contribution in [2.24, 2.45) is 0 Å². The molecule has 0 N–H and O–H groups in total. The standard InChI is InChI=1S/C7H15OSi.2C4H9.BrH.Sn/c1-6-7(2)8-9(3,4)5;2*1-3-4-2;;/h1,6-7H,2-5H3;2*1,3-4H2,2H3;1H;/q;;;;+1/p-1. The van der Waals surface area contributed by atoms with Crippen molar-refractivity contribution in [3.8, 4) is 0 Å². The number of hydrogen-bond donors (Lipinski definition) is 0. The van der Waals surface area contributed by atoms with Crippen LogP contribution < -0.4 is 0 Å². The molecule has 0 rings (SSSR count). The molecule has 114 valence electrons. The van der Waals surface area contributed by atoms with Gasteiger partial charge in [0.2, 0.25) is 0 Å². The zero-order chi connectivity index (χ0) is 14.9. The Kier molecular flexibility index (Phi) is 10.6. The van der Waals surface area contributed by atoms with Crippen LogP contribution >= 0.6 is 12.7 Å². The molecule has 19 heavy (non-hydrogen) atoms. The van der Waals surface area contributed by atoms with E-state index in [0.29, 0.717) is 0 Å². The summed E-state index contributed by atoms with van der Waals surface area (Å²) in [5.41, 5.74) is 0. The predicted octanol–water partition coefficient (Wildman–Crippen LogP) is 6.26. The monoisotopic (exact) mass is 456 g/mol. The number of halogens is 1. The summed E-state index contributed by atoms with van der Waals surface area (Å²) in [5.74, 6) is 0. The summed E-state index contributed by atoms with van der Waals surface area (Å²) < 4.78 is 11.5. The minimum absolute atomic E-state index is 0.281. The normalized spacial score (nSPS) is 15.1. The first-order chi connectivity index (χ1) is 8.72. The molecule has 0 saturated carbocycles. The second-order valence-corrected chi connectivity index (χ2v) is 31.3. The van der Waals surface area contributed by atoms with Gasteiger partial charge in [-0.05, 0) is 0 Å². The van der Waals surface area contributed by atoms with Crippen LogP contribution in [0.25, 0.3) is 0 Å². The van der Waals surface area contributed by atoms with Crippen LogP contribution in [0.2, 0.25) is 28.5 Å². The fourth-order valence-electron chi connectivity index (χ4n) is 2.14. The Morgan fingerprint density at radius 2 is 1.58 bits per heavy atom. The predicted molar refractivity (Wildman–Crippen MR) is 97.1 cm³/mol. The average Bonchev–Trinajstić information content (AvgIpc) is 2.30. The zero-order valence-electron chi connectivity index (χ0n) is 13.8. The average molecular weight is 456 g/mol. The molecule has 1 unspecified atom stereocenters. The van der Waals surface area contributed by atoms with Gasteiger partial charge in [0.05, 0.1) is 0 Å². The van der Waals surface area contributed by atoms with Crippen molar-refractivity contribution >= 4 is 37.2 Å². The van der Waals surface area contributed by atoms with E-state index in [-0.39, 0.29) is 6.10 Å². The van der Waals surface area contributed by atoms with Gasteiger partial charge in [-0.25, -0.2) is 0 Å². The van der Waals surface area contributed by atoms with E-state index in [1.807, 2.05) is 0 Å². The Morgan fingerprint density at radius 1 is 1.11 bits per heavy atom. The first kappa shape index (κ1) is 20.2. The van der Waals surface area contributed by atoms with Gasteiger partial charge in [-0.15, -0.1) is 0 Å². The molecule has 0 saturated heterocycles. The van der Waals surface area contributed by atoms with Crippen LogP contribution in [0.5, 0.6) is 0 Å². The Balaban J connectivity index is 4.51. The van der Waals surface area contributed by atoms with Crippen LogP contribution in [-0.2, 0) is 4.43 Å². The fourth-order valence-corrected chi connectivity index (χ4v) is 16.9. The zero-order valence-corrected chi connectivity index (χ0v) is 19.2. The maximum atomic E-state index is 6.11. The molecular formula is C15H33BrOSiSn. The van der Waals surface area contributed by atoms with Gasteiger partial charge in [0, 0.05) is 0 Å². The molecule has 0 bridgehead atoms. The van der Waals surface area contributed by atoms with Gasteiger partial charge in [-0.3, -0.25) is 0 Å². The number of unbranched alkanes of at least 4 members (excludes halogenated alkanes) is 2. The van der Waals surface area contributed by atoms with Gasteiger partial charge in [0.25, 0.3) is 0 Å². The van der Waals surface area contributed by atoms with Gasteiger partial charge in [-0.2, -0.15) is 0 Å². The Labute approximate surface area is 132 Å². The van der Waals surface area contributed by atoms with Crippen LogP contribution in [0.15, 0.2) is 10.2 Å². The summed E-state index contributed by atoms with van der Waals surface area (Å²) in [5, 5.41) is 0. The molecule has 0 aliphatic heterocycles. The summed E-state index contributed by atoms with van der Waals surface area (Å²) in [7, 11) is -1.41. The third-order valence-electron chi connectivity index (χ3n) is 3.10. The van der Waals surface area contributed by atoms with E-state index >= 15 is 0 Å². The molecule has 0 radical (unpaired) electrons. The van der Waals surface area contributed by atoms with Crippen molar-refractivity contribution in [3.63, 3.8) is 0 Å². The third kappa shape index (κ3) is 11.5. The Hall–Kier alpha value is 1.20. The topological polar surface area (TPSA) is 9.23 Å². The van der Waals surface area contributed by atoms with Crippen molar-refractivity contribution in [2.75, 3.05) is 0 Å². The summed E-state index contributed by atoms with van der Waals surface area (Å²) in [6.07, 6.45) is 7.99. The number of rotatable bonds is 10. The van der Waals surface area contributed by atoms with Crippen molar-refractivity contribution in [3.05, 3.63) is 10.2 Å². The van der Waals surface area contributed by atoms with Gasteiger partial charge in [-0.1, -0.05) is 0 Å². The summed E-state index contributed by atoms with van der Waals surface area (Å²) >= 11 is 2.02. The minimum atomic E-state index is -2.15. The summed E-state index contributed by atoms with van der Waals surface area (Å²) in [6.45, 7) is 13.6. The number of hydrogen-bond acceptors (Lipinski definition) is 1. The van der Waals surface area contributed by atoms with Crippen molar-refractivity contribution in [1.29, 1.82) is 0 Å². The molecule has 1 atom stereocenters. The second-order valence-electron chi connectivity index (χ2n) is 6.54. The molecule has 0 fully saturated rings. The third-order valence-corrected chi connectivity index (χ3v) is 20.3. The summed E-state index contributed by atoms with van der Waals surface area (Å²) in [6, 6.07) is 0. The molecule has 4 heteroatoms. The first-order valence-electron chi connectivity index (χ1n) is 7.78. The van der Waals surface area contributed by atoms with Crippen molar-refractivity contribution in [1.82, 2.24) is 0 Å². The van der Waals surface area contributed by atoms with Crippen LogP contribution in [-0.4, -0.2) is 30.6 Å². The van der Waals surface area contributed by atoms with Crippen LogP contribution in [0, 0.1) is 0 Å². The molecule has 0 aliphatic rings. The van der Waals surface area contributed by atoms with Crippen LogP contribution in [0.1, 0.15) is 46.5 Å². The van der Waals surface area contributed by atoms with E-state index < -0.39 is 24.5 Å². The molecule has 0 aromatic carbocycles. The summed E-state index contributed by atoms with van der Waals surface area (Å²) in [4.78, 5) is 0. The molecule has 0 heterocycles. The molecular weight excluding hydrogens is 423 g/mol. The second kappa shape index (κ2) is 10.0. The van der Waals surface area contributed by atoms with Gasteiger partial charge >= 0.3 is 133 Å². The van der Waals surface area contributed by atoms with Crippen LogP contribution in [0.3, 0.4) is 0 Å². The maximum absolute atomic E-state index is 6.11. The molecule has 0 aliphatic carbocycles. The van der Waals surface area contributed by atoms with E-state index in [2.05, 4.69) is 63.3 Å². The van der Waals surface area contributed by atoms with Crippen LogP contribution in [0.4, 0.5) is 0 Å². The van der Waals surface area contributed by atoms with E-state index in [9.17, 15) is 0 Å². The van der Waals surface area contributed by atoms with Gasteiger partial charge < -0.3 is 0 Å². The van der Waals surface area contributed by atoms with E-state index in [0.717, 1.165) is 0 Å². The SMILES string of the molecule is CCC[CH2][Sn]([Br])(/[CH]=C\C(C)O[Si](C)(C)C)[CH2]CCC. The Morgan fingerprint density at radius 3 is 1.95 bits per heavy atom. The van der Waals surface area contributed by atoms with E-state index in [4.69, 9.17) is 4.43 Å². The van der Waals surface area contributed by atoms with Crippen molar-refractivity contribution < 1.29 is 4.43 Å². The molecule has 0 aromatic heterocycles. The van der Waals surface area contributed by atoms with E-state index in [1.54, 1.807) is 0 Å². The van der Waals surface area contributed by atoms with Gasteiger partial charge in [0.15, 0.2) is 0 Å². The Bertz CT molecular complexity index is 255.